The molecule has 1 saturated heterocycles. The van der Waals surface area contributed by atoms with Gasteiger partial charge in [-0.2, -0.15) is 11.8 Å². The van der Waals surface area contributed by atoms with Gasteiger partial charge in [0.1, 0.15) is 11.5 Å². The molecular formula is C15H14O3S2. The molecule has 2 aromatic carbocycles. The molecule has 0 bridgehead atoms. The second-order valence-electron chi connectivity index (χ2n) is 4.55. The molecule has 0 aliphatic carbocycles. The van der Waals surface area contributed by atoms with E-state index in [2.05, 4.69) is 0 Å². The van der Waals surface area contributed by atoms with Gasteiger partial charge >= 0.3 is 0 Å². The Labute approximate surface area is 124 Å². The van der Waals surface area contributed by atoms with Crippen molar-refractivity contribution in [3.05, 3.63) is 60.2 Å². The third kappa shape index (κ3) is 3.23. The lowest BCUT2D eigenvalue weighted by Gasteiger charge is -2.12. The number of para-hydroxylation sites is 1. The molecule has 20 heavy (non-hydrogen) atoms. The average Bonchev–Trinajstić information content (AvgIpc) is 3.26. The molecule has 3 unspecified atom stereocenters. The highest BCUT2D eigenvalue weighted by molar-refractivity contribution is 8.07. The number of hydrogen-bond donors (Lipinski definition) is 1. The van der Waals surface area contributed by atoms with E-state index in [4.69, 9.17) is 4.74 Å². The van der Waals surface area contributed by atoms with Crippen LogP contribution in [0.5, 0.6) is 11.5 Å². The van der Waals surface area contributed by atoms with Gasteiger partial charge in [0.2, 0.25) is 0 Å². The largest absolute Gasteiger partial charge is 0.457 e. The molecule has 1 fully saturated rings. The predicted octanol–water partition coefficient (Wildman–Crippen LogP) is 3.86. The van der Waals surface area contributed by atoms with Gasteiger partial charge in [0, 0.05) is 11.0 Å². The molecule has 3 nitrogen and oxygen atoms in total. The third-order valence-corrected chi connectivity index (χ3v) is 5.30. The predicted molar refractivity (Wildman–Crippen MR) is 82.7 cm³/mol. The molecule has 0 aromatic heterocycles. The van der Waals surface area contributed by atoms with Crippen molar-refractivity contribution in [3.8, 4) is 11.5 Å². The quantitative estimate of drug-likeness (QED) is 0.673. The summed E-state index contributed by atoms with van der Waals surface area (Å²) in [5, 5.41) is -0.0347. The van der Waals surface area contributed by atoms with Gasteiger partial charge in [-0.25, -0.2) is 4.21 Å². The van der Waals surface area contributed by atoms with Gasteiger partial charge in [0.25, 0.3) is 0 Å². The van der Waals surface area contributed by atoms with Crippen molar-refractivity contribution in [2.24, 2.45) is 0 Å². The van der Waals surface area contributed by atoms with Gasteiger partial charge in [-0.15, -0.1) is 0 Å². The summed E-state index contributed by atoms with van der Waals surface area (Å²) in [5.74, 6) is 2.46. The summed E-state index contributed by atoms with van der Waals surface area (Å²) in [5.41, 5.74) is 0.890. The summed E-state index contributed by atoms with van der Waals surface area (Å²) in [6, 6.07) is 17.0. The fraction of sp³-hybridized carbons (Fsp3) is 0.200. The number of ether oxygens (including phenoxy) is 1. The van der Waals surface area contributed by atoms with Crippen LogP contribution in [0, 0.1) is 0 Å². The van der Waals surface area contributed by atoms with E-state index in [1.807, 2.05) is 54.6 Å². The van der Waals surface area contributed by atoms with Crippen molar-refractivity contribution in [3.63, 3.8) is 0 Å². The molecule has 5 heteroatoms. The van der Waals surface area contributed by atoms with Crippen LogP contribution in [0.15, 0.2) is 54.6 Å². The van der Waals surface area contributed by atoms with Crippen LogP contribution in [-0.4, -0.2) is 19.8 Å². The monoisotopic (exact) mass is 306 g/mol. The highest BCUT2D eigenvalue weighted by Crippen LogP contribution is 2.43. The van der Waals surface area contributed by atoms with Gasteiger partial charge in [0.05, 0.1) is 5.25 Å². The minimum atomic E-state index is -1.83. The Morgan fingerprint density at radius 3 is 2.25 bits per heavy atom. The van der Waals surface area contributed by atoms with Crippen LogP contribution in [0.4, 0.5) is 0 Å². The van der Waals surface area contributed by atoms with Crippen molar-refractivity contribution in [1.29, 1.82) is 0 Å². The molecule has 1 heterocycles. The molecule has 3 rings (SSSR count). The maximum absolute atomic E-state index is 11.4. The molecular weight excluding hydrogens is 292 g/mol. The van der Waals surface area contributed by atoms with E-state index < -0.39 is 11.1 Å². The number of thioether (sulfide) groups is 1. The Hall–Kier alpha value is -1.30. The maximum Gasteiger partial charge on any atom is 0.161 e. The SMILES string of the molecule is O=S(O)C(c1ccc(Oc2ccccc2)cc1)C1CS1. The van der Waals surface area contributed by atoms with Crippen LogP contribution in [0.3, 0.4) is 0 Å². The van der Waals surface area contributed by atoms with Gasteiger partial charge in [-0.3, -0.25) is 0 Å². The normalized spacial score (nSPS) is 20.1. The summed E-state index contributed by atoms with van der Waals surface area (Å²) in [4.78, 5) is 0. The topological polar surface area (TPSA) is 46.5 Å². The Morgan fingerprint density at radius 2 is 1.70 bits per heavy atom. The van der Waals surface area contributed by atoms with E-state index in [1.165, 1.54) is 0 Å². The summed E-state index contributed by atoms with van der Waals surface area (Å²) >= 11 is -0.106. The number of rotatable bonds is 5. The molecule has 104 valence electrons. The summed E-state index contributed by atoms with van der Waals surface area (Å²) in [6.07, 6.45) is 0. The lowest BCUT2D eigenvalue weighted by Crippen LogP contribution is -2.11. The van der Waals surface area contributed by atoms with Gasteiger partial charge < -0.3 is 9.29 Å². The van der Waals surface area contributed by atoms with E-state index in [0.29, 0.717) is 0 Å². The second-order valence-corrected chi connectivity index (χ2v) is 6.89. The first kappa shape index (κ1) is 13.7. The van der Waals surface area contributed by atoms with Crippen LogP contribution in [0.2, 0.25) is 0 Å². The molecule has 2 aromatic rings. The maximum atomic E-state index is 11.4. The standard InChI is InChI=1S/C15H14O3S2/c16-20(17)15(14-10-19-14)11-6-8-13(9-7-11)18-12-4-2-1-3-5-12/h1-9,14-15H,10H2,(H,16,17). The van der Waals surface area contributed by atoms with Crippen molar-refractivity contribution in [2.75, 3.05) is 5.75 Å². The van der Waals surface area contributed by atoms with Crippen LogP contribution in [-0.2, 0) is 11.1 Å². The van der Waals surface area contributed by atoms with Crippen molar-refractivity contribution >= 4 is 22.8 Å². The zero-order chi connectivity index (χ0) is 13.9. The molecule has 1 N–H and O–H groups in total. The Kier molecular flexibility index (Phi) is 4.10. The first-order chi connectivity index (χ1) is 9.74. The van der Waals surface area contributed by atoms with Crippen molar-refractivity contribution in [1.82, 2.24) is 0 Å². The minimum absolute atomic E-state index is 0.265. The molecule has 0 saturated carbocycles. The molecule has 3 atom stereocenters. The first-order valence-corrected chi connectivity index (χ1v) is 8.50. The summed E-state index contributed by atoms with van der Waals surface area (Å²) in [6.45, 7) is 0. The fourth-order valence-electron chi connectivity index (χ4n) is 2.04. The van der Waals surface area contributed by atoms with Crippen molar-refractivity contribution in [2.45, 2.75) is 10.5 Å². The number of hydrogen-bond acceptors (Lipinski definition) is 3. The third-order valence-electron chi connectivity index (χ3n) is 3.10. The van der Waals surface area contributed by atoms with Gasteiger partial charge in [0.15, 0.2) is 11.1 Å². The lowest BCUT2D eigenvalue weighted by molar-refractivity contribution is 0.482. The van der Waals surface area contributed by atoms with E-state index in [1.54, 1.807) is 11.8 Å². The first-order valence-electron chi connectivity index (χ1n) is 6.28. The Balaban J connectivity index is 1.75. The number of benzene rings is 2. The van der Waals surface area contributed by atoms with Crippen LogP contribution >= 0.6 is 11.8 Å². The van der Waals surface area contributed by atoms with E-state index in [0.717, 1.165) is 22.8 Å². The molecule has 0 amide bonds. The molecule has 1 aliphatic heterocycles. The Morgan fingerprint density at radius 1 is 1.10 bits per heavy atom. The second kappa shape index (κ2) is 5.99. The Bertz CT molecular complexity index is 594. The van der Waals surface area contributed by atoms with E-state index in [-0.39, 0.29) is 10.5 Å². The smallest absolute Gasteiger partial charge is 0.161 e. The molecule has 1 aliphatic rings. The highest BCUT2D eigenvalue weighted by atomic mass is 32.2. The molecule has 0 spiro atoms. The van der Waals surface area contributed by atoms with Gasteiger partial charge in [-0.1, -0.05) is 30.3 Å². The fourth-order valence-corrected chi connectivity index (χ4v) is 4.07. The minimum Gasteiger partial charge on any atom is -0.457 e. The van der Waals surface area contributed by atoms with Gasteiger partial charge in [-0.05, 0) is 29.8 Å². The van der Waals surface area contributed by atoms with E-state index >= 15 is 0 Å². The zero-order valence-corrected chi connectivity index (χ0v) is 12.3. The van der Waals surface area contributed by atoms with Crippen LogP contribution in [0.1, 0.15) is 10.8 Å². The summed E-state index contributed by atoms with van der Waals surface area (Å²) < 4.78 is 26.5. The molecule has 0 radical (unpaired) electrons. The zero-order valence-electron chi connectivity index (χ0n) is 10.6. The highest BCUT2D eigenvalue weighted by Gasteiger charge is 2.37. The average molecular weight is 306 g/mol. The lowest BCUT2D eigenvalue weighted by atomic mass is 10.1. The van der Waals surface area contributed by atoms with Crippen LogP contribution in [0.25, 0.3) is 0 Å². The summed E-state index contributed by atoms with van der Waals surface area (Å²) in [7, 11) is 0. The van der Waals surface area contributed by atoms with E-state index in [9.17, 15) is 8.76 Å². The van der Waals surface area contributed by atoms with Crippen molar-refractivity contribution < 1.29 is 13.5 Å². The van der Waals surface area contributed by atoms with Crippen LogP contribution < -0.4 is 4.74 Å².